The van der Waals surface area contributed by atoms with E-state index in [1.165, 1.54) is 30.3 Å². The van der Waals surface area contributed by atoms with Crippen molar-refractivity contribution in [2.45, 2.75) is 0 Å². The molecule has 2 rings (SSSR count). The summed E-state index contributed by atoms with van der Waals surface area (Å²) >= 11 is 1.89. The molecule has 0 aliphatic rings. The molecule has 98 valence electrons. The van der Waals surface area contributed by atoms with Crippen molar-refractivity contribution in [3.63, 3.8) is 0 Å². The maximum absolute atomic E-state index is 13.1. The number of rotatable bonds is 2. The first kappa shape index (κ1) is 13.7. The van der Waals surface area contributed by atoms with Crippen LogP contribution in [-0.4, -0.2) is 5.91 Å². The van der Waals surface area contributed by atoms with Crippen LogP contribution in [0.15, 0.2) is 36.4 Å². The maximum Gasteiger partial charge on any atom is 0.257 e. The second-order valence-corrected chi connectivity index (χ2v) is 4.97. The minimum atomic E-state index is -0.548. The van der Waals surface area contributed by atoms with Crippen LogP contribution in [-0.2, 0) is 0 Å². The molecule has 0 aromatic heterocycles. The second kappa shape index (κ2) is 5.52. The van der Waals surface area contributed by atoms with Crippen LogP contribution in [0.3, 0.4) is 0 Å². The summed E-state index contributed by atoms with van der Waals surface area (Å²) in [5.41, 5.74) is 6.28. The highest BCUT2D eigenvalue weighted by Crippen LogP contribution is 2.21. The summed E-state index contributed by atoms with van der Waals surface area (Å²) in [5, 5.41) is 2.56. The quantitative estimate of drug-likeness (QED) is 0.626. The van der Waals surface area contributed by atoms with Gasteiger partial charge in [-0.2, -0.15) is 0 Å². The van der Waals surface area contributed by atoms with Crippen molar-refractivity contribution in [2.75, 3.05) is 11.1 Å². The molecule has 0 bridgehead atoms. The number of anilines is 2. The average molecular weight is 374 g/mol. The predicted octanol–water partition coefficient (Wildman–Crippen LogP) is 3.40. The lowest BCUT2D eigenvalue weighted by Crippen LogP contribution is -2.15. The fraction of sp³-hybridized carbons (Fsp3) is 0. The predicted molar refractivity (Wildman–Crippen MR) is 77.9 cm³/mol. The first-order valence-corrected chi connectivity index (χ1v) is 6.36. The van der Waals surface area contributed by atoms with Gasteiger partial charge in [0.1, 0.15) is 11.6 Å². The van der Waals surface area contributed by atoms with E-state index < -0.39 is 17.5 Å². The summed E-state index contributed by atoms with van der Waals surface area (Å²) in [6, 6.07) is 7.50. The van der Waals surface area contributed by atoms with E-state index in [4.69, 9.17) is 5.73 Å². The van der Waals surface area contributed by atoms with E-state index in [-0.39, 0.29) is 11.3 Å². The summed E-state index contributed by atoms with van der Waals surface area (Å²) in [7, 11) is 0. The number of benzene rings is 2. The third-order valence-electron chi connectivity index (χ3n) is 2.44. The van der Waals surface area contributed by atoms with Gasteiger partial charge in [0.25, 0.3) is 5.91 Å². The first-order valence-electron chi connectivity index (χ1n) is 5.29. The Balaban J connectivity index is 2.28. The Morgan fingerprint density at radius 3 is 2.42 bits per heavy atom. The van der Waals surface area contributed by atoms with Gasteiger partial charge in [-0.05, 0) is 59.0 Å². The van der Waals surface area contributed by atoms with Crippen molar-refractivity contribution in [3.8, 4) is 0 Å². The molecule has 2 aromatic rings. The number of carbonyl (C=O) groups is 1. The Morgan fingerprint density at radius 2 is 1.74 bits per heavy atom. The number of amides is 1. The summed E-state index contributed by atoms with van der Waals surface area (Å²) < 4.78 is 26.6. The first-order chi connectivity index (χ1) is 8.97. The number of hydrogen-bond donors (Lipinski definition) is 2. The minimum Gasteiger partial charge on any atom is -0.398 e. The molecule has 19 heavy (non-hydrogen) atoms. The molecular weight excluding hydrogens is 365 g/mol. The molecule has 0 aliphatic carbocycles. The SMILES string of the molecule is Nc1ccc(F)cc1C(=O)Nc1ccc(F)cc1I. The second-order valence-electron chi connectivity index (χ2n) is 3.81. The van der Waals surface area contributed by atoms with Crippen LogP contribution in [0.1, 0.15) is 10.4 Å². The smallest absolute Gasteiger partial charge is 0.257 e. The standard InChI is InChI=1S/C13H9F2IN2O/c14-7-1-3-11(17)9(5-7)13(19)18-12-4-2-8(15)6-10(12)16/h1-6H,17H2,(H,18,19). The molecule has 0 atom stereocenters. The zero-order valence-corrected chi connectivity index (χ0v) is 11.7. The number of hydrogen-bond acceptors (Lipinski definition) is 2. The third-order valence-corrected chi connectivity index (χ3v) is 3.33. The molecule has 0 saturated carbocycles. The highest BCUT2D eigenvalue weighted by Gasteiger charge is 2.12. The van der Waals surface area contributed by atoms with Crippen LogP contribution in [0.25, 0.3) is 0 Å². The lowest BCUT2D eigenvalue weighted by molar-refractivity contribution is 0.102. The van der Waals surface area contributed by atoms with Crippen LogP contribution in [0.2, 0.25) is 0 Å². The average Bonchev–Trinajstić information content (AvgIpc) is 2.35. The third kappa shape index (κ3) is 3.19. The number of nitrogens with two attached hydrogens (primary N) is 1. The van der Waals surface area contributed by atoms with E-state index in [2.05, 4.69) is 5.32 Å². The lowest BCUT2D eigenvalue weighted by atomic mass is 10.1. The van der Waals surface area contributed by atoms with E-state index in [9.17, 15) is 13.6 Å². The van der Waals surface area contributed by atoms with Crippen LogP contribution in [0.5, 0.6) is 0 Å². The van der Waals surface area contributed by atoms with Crippen LogP contribution in [0.4, 0.5) is 20.2 Å². The van der Waals surface area contributed by atoms with Crippen LogP contribution >= 0.6 is 22.6 Å². The largest absolute Gasteiger partial charge is 0.398 e. The van der Waals surface area contributed by atoms with Gasteiger partial charge in [-0.3, -0.25) is 4.79 Å². The molecule has 3 N–H and O–H groups in total. The Hall–Kier alpha value is -1.70. The van der Waals surface area contributed by atoms with Gasteiger partial charge in [0.05, 0.1) is 11.3 Å². The molecule has 0 radical (unpaired) electrons. The van der Waals surface area contributed by atoms with Gasteiger partial charge in [0.15, 0.2) is 0 Å². The van der Waals surface area contributed by atoms with Gasteiger partial charge >= 0.3 is 0 Å². The molecule has 0 unspecified atom stereocenters. The maximum atomic E-state index is 13.1. The normalized spacial score (nSPS) is 10.3. The lowest BCUT2D eigenvalue weighted by Gasteiger charge is -2.09. The van der Waals surface area contributed by atoms with Crippen molar-refractivity contribution in [3.05, 3.63) is 57.2 Å². The van der Waals surface area contributed by atoms with E-state index in [0.717, 1.165) is 6.07 Å². The molecule has 0 saturated heterocycles. The summed E-state index contributed by atoms with van der Waals surface area (Å²) in [5.74, 6) is -1.48. The van der Waals surface area contributed by atoms with Gasteiger partial charge < -0.3 is 11.1 Å². The molecule has 0 spiro atoms. The van der Waals surface area contributed by atoms with Gasteiger partial charge in [0.2, 0.25) is 0 Å². The Bertz CT molecular complexity index is 647. The van der Waals surface area contributed by atoms with E-state index in [1.807, 2.05) is 22.6 Å². The molecule has 1 amide bonds. The molecule has 0 heterocycles. The van der Waals surface area contributed by atoms with Crippen LogP contribution in [0, 0.1) is 15.2 Å². The summed E-state index contributed by atoms with van der Waals surface area (Å²) in [6.07, 6.45) is 0. The number of nitrogen functional groups attached to an aromatic ring is 1. The van der Waals surface area contributed by atoms with Crippen LogP contribution < -0.4 is 11.1 Å². The van der Waals surface area contributed by atoms with E-state index in [1.54, 1.807) is 0 Å². The van der Waals surface area contributed by atoms with Gasteiger partial charge in [0, 0.05) is 9.26 Å². The van der Waals surface area contributed by atoms with Gasteiger partial charge in [-0.1, -0.05) is 0 Å². The Kier molecular flexibility index (Phi) is 3.98. The summed E-state index contributed by atoms with van der Waals surface area (Å²) in [4.78, 5) is 12.0. The minimum absolute atomic E-state index is 0.0418. The van der Waals surface area contributed by atoms with Gasteiger partial charge in [-0.25, -0.2) is 8.78 Å². The molecule has 3 nitrogen and oxygen atoms in total. The molecular formula is C13H9F2IN2O. The van der Waals surface area contributed by atoms with Crippen molar-refractivity contribution in [2.24, 2.45) is 0 Å². The van der Waals surface area contributed by atoms with Gasteiger partial charge in [-0.15, -0.1) is 0 Å². The highest BCUT2D eigenvalue weighted by molar-refractivity contribution is 14.1. The highest BCUT2D eigenvalue weighted by atomic mass is 127. The number of halogens is 3. The monoisotopic (exact) mass is 374 g/mol. The zero-order chi connectivity index (χ0) is 14.0. The van der Waals surface area contributed by atoms with Crippen molar-refractivity contribution >= 4 is 39.9 Å². The Labute approximate surface area is 121 Å². The number of carbonyl (C=O) groups excluding carboxylic acids is 1. The topological polar surface area (TPSA) is 55.1 Å². The Morgan fingerprint density at radius 1 is 1.11 bits per heavy atom. The zero-order valence-electron chi connectivity index (χ0n) is 9.58. The van der Waals surface area contributed by atoms with E-state index in [0.29, 0.717) is 9.26 Å². The summed E-state index contributed by atoms with van der Waals surface area (Å²) in [6.45, 7) is 0. The van der Waals surface area contributed by atoms with Crippen molar-refractivity contribution in [1.82, 2.24) is 0 Å². The fourth-order valence-electron chi connectivity index (χ4n) is 1.51. The molecule has 0 aliphatic heterocycles. The van der Waals surface area contributed by atoms with Crippen molar-refractivity contribution < 1.29 is 13.6 Å². The number of nitrogens with one attached hydrogen (secondary N) is 1. The van der Waals surface area contributed by atoms with Crippen molar-refractivity contribution in [1.29, 1.82) is 0 Å². The molecule has 2 aromatic carbocycles. The van der Waals surface area contributed by atoms with E-state index >= 15 is 0 Å². The molecule has 6 heteroatoms. The molecule has 0 fully saturated rings. The fourth-order valence-corrected chi connectivity index (χ4v) is 2.12.